The van der Waals surface area contributed by atoms with Gasteiger partial charge in [-0.1, -0.05) is 48.0 Å². The highest BCUT2D eigenvalue weighted by atomic mass is 79.9. The minimum absolute atomic E-state index is 0.232. The molecule has 0 aliphatic heterocycles. The van der Waals surface area contributed by atoms with Crippen LogP contribution in [0.5, 0.6) is 0 Å². The summed E-state index contributed by atoms with van der Waals surface area (Å²) in [6.07, 6.45) is 2.19. The molecular formula is C16H27BrN2O. The lowest BCUT2D eigenvalue weighted by Crippen LogP contribution is -2.32. The molecule has 2 N–H and O–H groups in total. The lowest BCUT2D eigenvalue weighted by Gasteiger charge is -2.25. The molecule has 0 saturated heterocycles. The smallest absolute Gasteiger partial charge is 0.0558 e. The van der Waals surface area contributed by atoms with Crippen molar-refractivity contribution in [2.45, 2.75) is 32.7 Å². The summed E-state index contributed by atoms with van der Waals surface area (Å²) in [7, 11) is 0. The van der Waals surface area contributed by atoms with Crippen molar-refractivity contribution in [2.24, 2.45) is 0 Å². The van der Waals surface area contributed by atoms with E-state index in [0.29, 0.717) is 6.04 Å². The van der Waals surface area contributed by atoms with Crippen molar-refractivity contribution in [3.63, 3.8) is 0 Å². The topological polar surface area (TPSA) is 35.5 Å². The summed E-state index contributed by atoms with van der Waals surface area (Å²) < 4.78 is 1.17. The van der Waals surface area contributed by atoms with Crippen molar-refractivity contribution in [3.05, 3.63) is 34.3 Å². The first-order valence-electron chi connectivity index (χ1n) is 7.53. The zero-order valence-electron chi connectivity index (χ0n) is 12.6. The third-order valence-corrected chi connectivity index (χ3v) is 4.24. The molecule has 1 unspecified atom stereocenters. The predicted octanol–water partition coefficient (Wildman–Crippen LogP) is 3.19. The molecule has 0 fully saturated rings. The van der Waals surface area contributed by atoms with Gasteiger partial charge in [0.1, 0.15) is 0 Å². The van der Waals surface area contributed by atoms with Gasteiger partial charge in [0.25, 0.3) is 0 Å². The first-order valence-corrected chi connectivity index (χ1v) is 8.33. The van der Waals surface area contributed by atoms with E-state index < -0.39 is 0 Å². The fraction of sp³-hybridized carbons (Fsp3) is 0.625. The Hall–Kier alpha value is -0.420. The molecule has 0 bridgehead atoms. The van der Waals surface area contributed by atoms with Gasteiger partial charge in [-0.15, -0.1) is 0 Å². The molecule has 1 atom stereocenters. The summed E-state index contributed by atoms with van der Waals surface area (Å²) >= 11 is 3.65. The van der Waals surface area contributed by atoms with E-state index in [1.165, 1.54) is 10.0 Å². The van der Waals surface area contributed by atoms with E-state index in [0.717, 1.165) is 39.0 Å². The van der Waals surface area contributed by atoms with Gasteiger partial charge in [-0.25, -0.2) is 0 Å². The molecule has 114 valence electrons. The molecular weight excluding hydrogens is 316 g/mol. The van der Waals surface area contributed by atoms with Crippen LogP contribution in [0.4, 0.5) is 0 Å². The van der Waals surface area contributed by atoms with Crippen molar-refractivity contribution >= 4 is 15.9 Å². The van der Waals surface area contributed by atoms with Crippen molar-refractivity contribution < 1.29 is 5.11 Å². The lowest BCUT2D eigenvalue weighted by molar-refractivity contribution is 0.195. The van der Waals surface area contributed by atoms with Crippen molar-refractivity contribution in [1.29, 1.82) is 0 Å². The first-order chi connectivity index (χ1) is 9.72. The standard InChI is InChI=1S/C16H27BrN2O/c1-3-10-18-16(9-11-19(4-2)12-13-20)14-7-5-6-8-15(14)17/h5-8,16,18,20H,3-4,9-13H2,1-2H3. The Morgan fingerprint density at radius 3 is 2.60 bits per heavy atom. The summed E-state index contributed by atoms with van der Waals surface area (Å²) in [5, 5.41) is 12.7. The summed E-state index contributed by atoms with van der Waals surface area (Å²) in [6, 6.07) is 8.78. The quantitative estimate of drug-likeness (QED) is 0.685. The fourth-order valence-electron chi connectivity index (χ4n) is 2.32. The monoisotopic (exact) mass is 342 g/mol. The van der Waals surface area contributed by atoms with Crippen molar-refractivity contribution in [1.82, 2.24) is 10.2 Å². The number of hydrogen-bond acceptors (Lipinski definition) is 3. The van der Waals surface area contributed by atoms with Crippen molar-refractivity contribution in [3.8, 4) is 0 Å². The number of nitrogens with one attached hydrogen (secondary N) is 1. The van der Waals surface area contributed by atoms with Crippen LogP contribution in [0.2, 0.25) is 0 Å². The van der Waals surface area contributed by atoms with Crippen LogP contribution in [0.1, 0.15) is 38.3 Å². The number of likely N-dealkylation sites (N-methyl/N-ethyl adjacent to an activating group) is 1. The number of benzene rings is 1. The maximum atomic E-state index is 9.07. The number of rotatable bonds is 10. The van der Waals surface area contributed by atoms with Crippen LogP contribution >= 0.6 is 15.9 Å². The second kappa shape index (κ2) is 10.3. The molecule has 0 radical (unpaired) electrons. The molecule has 0 aliphatic rings. The van der Waals surface area contributed by atoms with Gasteiger partial charge in [-0.3, -0.25) is 0 Å². The summed E-state index contributed by atoms with van der Waals surface area (Å²) in [6.45, 7) is 8.33. The molecule has 0 heterocycles. The third kappa shape index (κ3) is 5.92. The zero-order valence-corrected chi connectivity index (χ0v) is 14.2. The molecule has 1 rings (SSSR count). The maximum Gasteiger partial charge on any atom is 0.0558 e. The highest BCUT2D eigenvalue weighted by molar-refractivity contribution is 9.10. The Kier molecular flexibility index (Phi) is 9.10. The zero-order chi connectivity index (χ0) is 14.8. The van der Waals surface area contributed by atoms with Gasteiger partial charge in [0.2, 0.25) is 0 Å². The van der Waals surface area contributed by atoms with Gasteiger partial charge in [-0.2, -0.15) is 0 Å². The molecule has 1 aromatic carbocycles. The van der Waals surface area contributed by atoms with E-state index in [4.69, 9.17) is 5.11 Å². The Morgan fingerprint density at radius 1 is 1.25 bits per heavy atom. The van der Waals surface area contributed by atoms with E-state index >= 15 is 0 Å². The number of aliphatic hydroxyl groups is 1. The average molecular weight is 343 g/mol. The van der Waals surface area contributed by atoms with Gasteiger partial charge in [-0.05, 0) is 37.6 Å². The number of halogens is 1. The minimum atomic E-state index is 0.232. The van der Waals surface area contributed by atoms with Crippen LogP contribution in [0.15, 0.2) is 28.7 Å². The van der Waals surface area contributed by atoms with Gasteiger partial charge >= 0.3 is 0 Å². The molecule has 0 saturated carbocycles. The molecule has 20 heavy (non-hydrogen) atoms. The number of nitrogens with zero attached hydrogens (tertiary/aromatic N) is 1. The molecule has 3 nitrogen and oxygen atoms in total. The summed E-state index contributed by atoms with van der Waals surface area (Å²) in [5.41, 5.74) is 1.32. The van der Waals surface area contributed by atoms with Gasteiger partial charge in [0.05, 0.1) is 6.61 Å². The van der Waals surface area contributed by atoms with E-state index in [1.807, 2.05) is 0 Å². The minimum Gasteiger partial charge on any atom is -0.395 e. The van der Waals surface area contributed by atoms with Crippen molar-refractivity contribution in [2.75, 3.05) is 32.8 Å². The first kappa shape index (κ1) is 17.6. The van der Waals surface area contributed by atoms with Gasteiger partial charge in [0, 0.05) is 23.6 Å². The molecule has 0 aliphatic carbocycles. The predicted molar refractivity (Wildman–Crippen MR) is 89.0 cm³/mol. The molecule has 1 aromatic rings. The second-order valence-corrected chi connectivity index (χ2v) is 5.83. The van der Waals surface area contributed by atoms with E-state index in [1.54, 1.807) is 0 Å². The van der Waals surface area contributed by atoms with Crippen LogP contribution in [0, 0.1) is 0 Å². The average Bonchev–Trinajstić information content (AvgIpc) is 2.47. The third-order valence-electron chi connectivity index (χ3n) is 3.52. The Labute approximate surface area is 131 Å². The largest absolute Gasteiger partial charge is 0.395 e. The highest BCUT2D eigenvalue weighted by Gasteiger charge is 2.14. The molecule has 0 aromatic heterocycles. The van der Waals surface area contributed by atoms with E-state index in [9.17, 15) is 0 Å². The number of hydrogen-bond donors (Lipinski definition) is 2. The SMILES string of the molecule is CCCNC(CCN(CC)CCO)c1ccccc1Br. The fourth-order valence-corrected chi connectivity index (χ4v) is 2.89. The van der Waals surface area contributed by atoms with Crippen LogP contribution < -0.4 is 5.32 Å². The molecule has 0 spiro atoms. The molecule has 0 amide bonds. The van der Waals surface area contributed by atoms with Crippen LogP contribution in [-0.4, -0.2) is 42.8 Å². The molecule has 4 heteroatoms. The van der Waals surface area contributed by atoms with Crippen LogP contribution in [0.3, 0.4) is 0 Å². The van der Waals surface area contributed by atoms with Crippen LogP contribution in [-0.2, 0) is 0 Å². The normalized spacial score (nSPS) is 12.8. The number of aliphatic hydroxyl groups excluding tert-OH is 1. The van der Waals surface area contributed by atoms with Gasteiger partial charge < -0.3 is 15.3 Å². The lowest BCUT2D eigenvalue weighted by atomic mass is 10.0. The highest BCUT2D eigenvalue weighted by Crippen LogP contribution is 2.25. The van der Waals surface area contributed by atoms with Crippen LogP contribution in [0.25, 0.3) is 0 Å². The van der Waals surface area contributed by atoms with Gasteiger partial charge in [0.15, 0.2) is 0 Å². The summed E-state index contributed by atoms with van der Waals surface area (Å²) in [5.74, 6) is 0. The Balaban J connectivity index is 2.67. The van der Waals surface area contributed by atoms with E-state index in [-0.39, 0.29) is 6.61 Å². The second-order valence-electron chi connectivity index (χ2n) is 4.97. The maximum absolute atomic E-state index is 9.07. The Morgan fingerprint density at radius 2 is 2.00 bits per heavy atom. The Bertz CT molecular complexity index is 373. The van der Waals surface area contributed by atoms with E-state index in [2.05, 4.69) is 64.3 Å². The summed E-state index contributed by atoms with van der Waals surface area (Å²) in [4.78, 5) is 2.29.